The lowest BCUT2D eigenvalue weighted by Crippen LogP contribution is -2.08. The van der Waals surface area contributed by atoms with E-state index in [1.165, 1.54) is 30.6 Å². The second-order valence-corrected chi connectivity index (χ2v) is 5.71. The van der Waals surface area contributed by atoms with Gasteiger partial charge in [0.1, 0.15) is 0 Å². The standard InChI is InChI=1S/C14H26N2OS/c1-4-7-8-12(5-2)10-17-11-13-9-16-14(18-13)15-6-3/h9,12H,4-8,10-11H2,1-3H3,(H,15,16). The van der Waals surface area contributed by atoms with E-state index in [4.69, 9.17) is 4.74 Å². The highest BCUT2D eigenvalue weighted by atomic mass is 32.1. The molecule has 104 valence electrons. The van der Waals surface area contributed by atoms with Crippen molar-refractivity contribution in [2.75, 3.05) is 18.5 Å². The van der Waals surface area contributed by atoms with Crippen LogP contribution in [0.1, 0.15) is 51.3 Å². The number of aromatic nitrogens is 1. The summed E-state index contributed by atoms with van der Waals surface area (Å²) in [5.74, 6) is 0.714. The van der Waals surface area contributed by atoms with Crippen LogP contribution in [-0.4, -0.2) is 18.1 Å². The first-order valence-corrected chi connectivity index (χ1v) is 7.88. The lowest BCUT2D eigenvalue weighted by atomic mass is 10.0. The van der Waals surface area contributed by atoms with E-state index in [1.54, 1.807) is 11.3 Å². The molecule has 4 heteroatoms. The topological polar surface area (TPSA) is 34.1 Å². The van der Waals surface area contributed by atoms with Crippen LogP contribution in [0, 0.1) is 5.92 Å². The maximum atomic E-state index is 5.80. The number of unbranched alkanes of at least 4 members (excludes halogenated alkanes) is 1. The van der Waals surface area contributed by atoms with Crippen molar-refractivity contribution in [3.63, 3.8) is 0 Å². The van der Waals surface area contributed by atoms with Crippen molar-refractivity contribution in [2.24, 2.45) is 5.92 Å². The van der Waals surface area contributed by atoms with Crippen LogP contribution in [0.2, 0.25) is 0 Å². The van der Waals surface area contributed by atoms with E-state index in [9.17, 15) is 0 Å². The fraction of sp³-hybridized carbons (Fsp3) is 0.786. The monoisotopic (exact) mass is 270 g/mol. The van der Waals surface area contributed by atoms with Crippen molar-refractivity contribution < 1.29 is 4.74 Å². The first-order valence-electron chi connectivity index (χ1n) is 7.06. The Morgan fingerprint density at radius 1 is 1.39 bits per heavy atom. The number of hydrogen-bond acceptors (Lipinski definition) is 4. The summed E-state index contributed by atoms with van der Waals surface area (Å²) in [5.41, 5.74) is 0. The highest BCUT2D eigenvalue weighted by Crippen LogP contribution is 2.19. The van der Waals surface area contributed by atoms with E-state index < -0.39 is 0 Å². The normalized spacial score (nSPS) is 12.6. The third-order valence-corrected chi connectivity index (χ3v) is 3.95. The van der Waals surface area contributed by atoms with E-state index in [0.29, 0.717) is 12.5 Å². The number of ether oxygens (including phenoxy) is 1. The van der Waals surface area contributed by atoms with Gasteiger partial charge in [0.2, 0.25) is 0 Å². The van der Waals surface area contributed by atoms with Crippen LogP contribution in [0.3, 0.4) is 0 Å². The van der Waals surface area contributed by atoms with Gasteiger partial charge in [-0.1, -0.05) is 44.4 Å². The molecule has 1 N–H and O–H groups in total. The Hall–Kier alpha value is -0.610. The summed E-state index contributed by atoms with van der Waals surface area (Å²) in [6, 6.07) is 0. The zero-order chi connectivity index (χ0) is 13.2. The maximum absolute atomic E-state index is 5.80. The minimum atomic E-state index is 0.700. The van der Waals surface area contributed by atoms with Crippen molar-refractivity contribution >= 4 is 16.5 Å². The Kier molecular flexibility index (Phi) is 8.01. The number of thiazole rings is 1. The summed E-state index contributed by atoms with van der Waals surface area (Å²) in [6.07, 6.45) is 7.00. The Morgan fingerprint density at radius 3 is 2.89 bits per heavy atom. The van der Waals surface area contributed by atoms with E-state index in [1.807, 2.05) is 6.20 Å². The van der Waals surface area contributed by atoms with Crippen molar-refractivity contribution in [3.8, 4) is 0 Å². The van der Waals surface area contributed by atoms with Gasteiger partial charge in [0.05, 0.1) is 11.5 Å². The third kappa shape index (κ3) is 5.83. The van der Waals surface area contributed by atoms with Crippen molar-refractivity contribution in [3.05, 3.63) is 11.1 Å². The minimum Gasteiger partial charge on any atom is -0.376 e. The number of nitrogens with zero attached hydrogens (tertiary/aromatic N) is 1. The van der Waals surface area contributed by atoms with Crippen LogP contribution in [0.15, 0.2) is 6.20 Å². The lowest BCUT2D eigenvalue weighted by Gasteiger charge is -2.13. The summed E-state index contributed by atoms with van der Waals surface area (Å²) in [6.45, 7) is 9.07. The molecule has 18 heavy (non-hydrogen) atoms. The third-order valence-electron chi connectivity index (χ3n) is 3.02. The molecule has 0 aliphatic heterocycles. The SMILES string of the molecule is CCCCC(CC)COCc1cnc(NCC)s1. The molecule has 0 aliphatic rings. The molecule has 0 fully saturated rings. The molecular formula is C14H26N2OS. The number of nitrogens with one attached hydrogen (secondary N) is 1. The molecule has 1 atom stereocenters. The molecule has 0 aromatic carbocycles. The van der Waals surface area contributed by atoms with Crippen molar-refractivity contribution in [1.82, 2.24) is 4.98 Å². The summed E-state index contributed by atoms with van der Waals surface area (Å²) >= 11 is 1.69. The molecular weight excluding hydrogens is 244 g/mol. The fourth-order valence-corrected chi connectivity index (χ4v) is 2.65. The average molecular weight is 270 g/mol. The van der Waals surface area contributed by atoms with Gasteiger partial charge >= 0.3 is 0 Å². The van der Waals surface area contributed by atoms with Gasteiger partial charge in [-0.25, -0.2) is 4.98 Å². The molecule has 1 rings (SSSR count). The van der Waals surface area contributed by atoms with Gasteiger partial charge in [-0.3, -0.25) is 0 Å². The predicted molar refractivity (Wildman–Crippen MR) is 79.2 cm³/mol. The summed E-state index contributed by atoms with van der Waals surface area (Å²) in [4.78, 5) is 5.51. The lowest BCUT2D eigenvalue weighted by molar-refractivity contribution is 0.0835. The second kappa shape index (κ2) is 9.34. The average Bonchev–Trinajstić information content (AvgIpc) is 2.82. The number of anilines is 1. The van der Waals surface area contributed by atoms with Crippen LogP contribution < -0.4 is 5.32 Å². The first kappa shape index (κ1) is 15.4. The van der Waals surface area contributed by atoms with E-state index in [2.05, 4.69) is 31.1 Å². The molecule has 0 saturated heterocycles. The molecule has 1 aromatic heterocycles. The molecule has 3 nitrogen and oxygen atoms in total. The highest BCUT2D eigenvalue weighted by molar-refractivity contribution is 7.15. The quantitative estimate of drug-likeness (QED) is 0.688. The molecule has 0 radical (unpaired) electrons. The molecule has 0 amide bonds. The van der Waals surface area contributed by atoms with Crippen molar-refractivity contribution in [2.45, 2.75) is 53.1 Å². The van der Waals surface area contributed by atoms with Crippen LogP contribution in [0.5, 0.6) is 0 Å². The van der Waals surface area contributed by atoms with Gasteiger partial charge in [0.15, 0.2) is 5.13 Å². The van der Waals surface area contributed by atoms with Crippen molar-refractivity contribution in [1.29, 1.82) is 0 Å². The minimum absolute atomic E-state index is 0.700. The molecule has 1 aromatic rings. The molecule has 0 saturated carbocycles. The smallest absolute Gasteiger partial charge is 0.182 e. The second-order valence-electron chi connectivity index (χ2n) is 4.59. The molecule has 0 spiro atoms. The molecule has 1 unspecified atom stereocenters. The number of rotatable bonds is 10. The van der Waals surface area contributed by atoms with Gasteiger partial charge in [0.25, 0.3) is 0 Å². The van der Waals surface area contributed by atoms with Crippen LogP contribution in [-0.2, 0) is 11.3 Å². The van der Waals surface area contributed by atoms with E-state index >= 15 is 0 Å². The summed E-state index contributed by atoms with van der Waals surface area (Å²) < 4.78 is 5.80. The zero-order valence-electron chi connectivity index (χ0n) is 11.9. The largest absolute Gasteiger partial charge is 0.376 e. The van der Waals surface area contributed by atoms with Crippen LogP contribution in [0.25, 0.3) is 0 Å². The van der Waals surface area contributed by atoms with Gasteiger partial charge in [0, 0.05) is 19.3 Å². The first-order chi connectivity index (χ1) is 8.80. The van der Waals surface area contributed by atoms with Gasteiger partial charge in [-0.2, -0.15) is 0 Å². The maximum Gasteiger partial charge on any atom is 0.182 e. The van der Waals surface area contributed by atoms with Gasteiger partial charge in [-0.05, 0) is 19.3 Å². The molecule has 0 aliphatic carbocycles. The van der Waals surface area contributed by atoms with Gasteiger partial charge < -0.3 is 10.1 Å². The molecule has 1 heterocycles. The molecule has 0 bridgehead atoms. The highest BCUT2D eigenvalue weighted by Gasteiger charge is 2.07. The Labute approximate surface area is 115 Å². The summed E-state index contributed by atoms with van der Waals surface area (Å²) in [5, 5.41) is 4.21. The zero-order valence-corrected chi connectivity index (χ0v) is 12.7. The predicted octanol–water partition coefficient (Wildman–Crippen LogP) is 4.31. The Balaban J connectivity index is 2.22. The van der Waals surface area contributed by atoms with E-state index in [0.717, 1.165) is 18.3 Å². The Morgan fingerprint density at radius 2 is 2.22 bits per heavy atom. The van der Waals surface area contributed by atoms with Gasteiger partial charge in [-0.15, -0.1) is 0 Å². The van der Waals surface area contributed by atoms with Crippen LogP contribution in [0.4, 0.5) is 5.13 Å². The Bertz CT molecular complexity index is 314. The van der Waals surface area contributed by atoms with E-state index in [-0.39, 0.29) is 0 Å². The fourth-order valence-electron chi connectivity index (χ4n) is 1.83. The summed E-state index contributed by atoms with van der Waals surface area (Å²) in [7, 11) is 0. The van der Waals surface area contributed by atoms with Crippen LogP contribution >= 0.6 is 11.3 Å². The number of hydrogen-bond donors (Lipinski definition) is 1.